The van der Waals surface area contributed by atoms with Crippen LogP contribution in [0.5, 0.6) is 0 Å². The van der Waals surface area contributed by atoms with E-state index in [2.05, 4.69) is 0 Å². The first kappa shape index (κ1) is 16.0. The Hall–Kier alpha value is -3.85. The first-order chi connectivity index (χ1) is 12.1. The molecule has 0 spiro atoms. The molecule has 2 aromatic carbocycles. The van der Waals surface area contributed by atoms with Crippen molar-refractivity contribution in [3.8, 4) is 17.2 Å². The van der Waals surface area contributed by atoms with E-state index in [0.29, 0.717) is 16.7 Å². The van der Waals surface area contributed by atoms with Crippen molar-refractivity contribution in [2.45, 2.75) is 0 Å². The lowest BCUT2D eigenvalue weighted by molar-refractivity contribution is 0.104. The Balaban J connectivity index is 2.37. The van der Waals surface area contributed by atoms with Crippen molar-refractivity contribution in [1.82, 2.24) is 4.57 Å². The van der Waals surface area contributed by atoms with E-state index in [1.807, 2.05) is 12.1 Å². The Morgan fingerprint density at radius 3 is 2.12 bits per heavy atom. The van der Waals surface area contributed by atoms with E-state index in [1.54, 1.807) is 54.6 Å². The minimum absolute atomic E-state index is 0.0169. The lowest BCUT2D eigenvalue weighted by Crippen LogP contribution is -2.24. The molecule has 0 aliphatic heterocycles. The molecule has 0 aliphatic rings. The summed E-state index contributed by atoms with van der Waals surface area (Å²) in [4.78, 5) is 13.1. The summed E-state index contributed by atoms with van der Waals surface area (Å²) in [5.74, 6) is -0.761. The summed E-state index contributed by atoms with van der Waals surface area (Å²) >= 11 is 0. The average Bonchev–Trinajstić information content (AvgIpc) is 2.95. The molecule has 3 rings (SSSR count). The SMILES string of the molecule is N#Cc1c(-c2ccccc2)c(C(=O)c2ccccc2)c(N)n1C(=N)N. The van der Waals surface area contributed by atoms with Gasteiger partial charge in [-0.2, -0.15) is 5.26 Å². The van der Waals surface area contributed by atoms with Gasteiger partial charge in [0.15, 0.2) is 11.7 Å². The number of hydrogen-bond acceptors (Lipinski definition) is 4. The van der Waals surface area contributed by atoms with Crippen molar-refractivity contribution in [1.29, 1.82) is 10.7 Å². The molecule has 1 aromatic heterocycles. The fourth-order valence-corrected chi connectivity index (χ4v) is 2.80. The number of nitrogens with one attached hydrogen (secondary N) is 1. The van der Waals surface area contributed by atoms with E-state index in [-0.39, 0.29) is 22.9 Å². The molecule has 0 aliphatic carbocycles. The van der Waals surface area contributed by atoms with E-state index in [0.717, 1.165) is 4.57 Å². The molecule has 0 amide bonds. The van der Waals surface area contributed by atoms with Crippen LogP contribution in [0.2, 0.25) is 0 Å². The van der Waals surface area contributed by atoms with E-state index >= 15 is 0 Å². The molecule has 1 heterocycles. The van der Waals surface area contributed by atoms with Gasteiger partial charge in [-0.25, -0.2) is 0 Å². The smallest absolute Gasteiger partial charge is 0.199 e. The molecule has 5 N–H and O–H groups in total. The van der Waals surface area contributed by atoms with Gasteiger partial charge >= 0.3 is 0 Å². The number of carbonyl (C=O) groups excluding carboxylic acids is 1. The molecule has 25 heavy (non-hydrogen) atoms. The maximum atomic E-state index is 13.1. The number of ketones is 1. The summed E-state index contributed by atoms with van der Waals surface area (Å²) in [7, 11) is 0. The summed E-state index contributed by atoms with van der Waals surface area (Å²) in [6.07, 6.45) is 0. The zero-order valence-corrected chi connectivity index (χ0v) is 13.2. The highest BCUT2D eigenvalue weighted by Gasteiger charge is 2.28. The number of anilines is 1. The number of aromatic nitrogens is 1. The highest BCUT2D eigenvalue weighted by atomic mass is 16.1. The Kier molecular flexibility index (Phi) is 4.06. The minimum Gasteiger partial charge on any atom is -0.384 e. The van der Waals surface area contributed by atoms with Gasteiger partial charge in [0, 0.05) is 11.1 Å². The highest BCUT2D eigenvalue weighted by Crippen LogP contribution is 2.35. The van der Waals surface area contributed by atoms with Gasteiger partial charge in [0.25, 0.3) is 0 Å². The van der Waals surface area contributed by atoms with Gasteiger partial charge in [0.05, 0.1) is 5.56 Å². The van der Waals surface area contributed by atoms with Crippen LogP contribution in [0.25, 0.3) is 11.1 Å². The van der Waals surface area contributed by atoms with Gasteiger partial charge in [-0.1, -0.05) is 60.7 Å². The number of rotatable bonds is 3. The van der Waals surface area contributed by atoms with Crippen molar-refractivity contribution >= 4 is 17.6 Å². The number of nitriles is 1. The predicted molar refractivity (Wildman–Crippen MR) is 96.2 cm³/mol. The second-order valence-electron chi connectivity index (χ2n) is 5.38. The summed E-state index contributed by atoms with van der Waals surface area (Å²) in [5.41, 5.74) is 13.4. The topological polar surface area (TPSA) is 122 Å². The number of hydrogen-bond donors (Lipinski definition) is 3. The first-order valence-electron chi connectivity index (χ1n) is 7.50. The number of nitrogens with two attached hydrogens (primary N) is 2. The van der Waals surface area contributed by atoms with Crippen LogP contribution in [0.1, 0.15) is 21.6 Å². The van der Waals surface area contributed by atoms with Gasteiger partial charge in [-0.3, -0.25) is 14.8 Å². The third-order valence-electron chi connectivity index (χ3n) is 3.88. The van der Waals surface area contributed by atoms with E-state index < -0.39 is 5.96 Å². The molecule has 0 radical (unpaired) electrons. The van der Waals surface area contributed by atoms with Crippen LogP contribution in [0.4, 0.5) is 5.82 Å². The Morgan fingerprint density at radius 2 is 1.60 bits per heavy atom. The normalized spacial score (nSPS) is 10.2. The Morgan fingerprint density at radius 1 is 1.04 bits per heavy atom. The summed E-state index contributed by atoms with van der Waals surface area (Å²) in [6.45, 7) is 0. The minimum atomic E-state index is -0.418. The van der Waals surface area contributed by atoms with Crippen LogP contribution >= 0.6 is 0 Å². The van der Waals surface area contributed by atoms with Gasteiger partial charge in [0.1, 0.15) is 17.6 Å². The van der Waals surface area contributed by atoms with Crippen LogP contribution in [0.15, 0.2) is 60.7 Å². The van der Waals surface area contributed by atoms with Crippen LogP contribution in [0.3, 0.4) is 0 Å². The highest BCUT2D eigenvalue weighted by molar-refractivity contribution is 6.17. The van der Waals surface area contributed by atoms with E-state index in [9.17, 15) is 10.1 Å². The molecule has 0 saturated heterocycles. The second-order valence-corrected chi connectivity index (χ2v) is 5.38. The van der Waals surface area contributed by atoms with Crippen molar-refractivity contribution in [2.75, 3.05) is 5.73 Å². The van der Waals surface area contributed by atoms with Crippen LogP contribution in [0, 0.1) is 16.7 Å². The third-order valence-corrected chi connectivity index (χ3v) is 3.88. The van der Waals surface area contributed by atoms with Crippen molar-refractivity contribution in [2.24, 2.45) is 5.73 Å². The number of nitrogen functional groups attached to an aromatic ring is 2. The molecule has 6 nitrogen and oxygen atoms in total. The van der Waals surface area contributed by atoms with Crippen LogP contribution in [-0.2, 0) is 0 Å². The fraction of sp³-hybridized carbons (Fsp3) is 0. The quantitative estimate of drug-likeness (QED) is 0.388. The zero-order chi connectivity index (χ0) is 18.0. The van der Waals surface area contributed by atoms with Gasteiger partial charge < -0.3 is 11.5 Å². The maximum Gasteiger partial charge on any atom is 0.199 e. The number of nitrogens with zero attached hydrogens (tertiary/aromatic N) is 2. The summed E-state index contributed by atoms with van der Waals surface area (Å²) < 4.78 is 1.10. The molecule has 0 fully saturated rings. The zero-order valence-electron chi connectivity index (χ0n) is 13.2. The van der Waals surface area contributed by atoms with Crippen molar-refractivity contribution in [3.05, 3.63) is 77.5 Å². The predicted octanol–water partition coefficient (Wildman–Crippen LogP) is 2.58. The van der Waals surface area contributed by atoms with E-state index in [1.165, 1.54) is 0 Å². The molecular weight excluding hydrogens is 314 g/mol. The molecule has 122 valence electrons. The van der Waals surface area contributed by atoms with Crippen molar-refractivity contribution in [3.63, 3.8) is 0 Å². The molecule has 0 atom stereocenters. The second kappa shape index (κ2) is 6.34. The Labute approximate surface area is 144 Å². The summed E-state index contributed by atoms with van der Waals surface area (Å²) in [6, 6.07) is 19.7. The average molecular weight is 329 g/mol. The number of carbonyl (C=O) groups is 1. The maximum absolute atomic E-state index is 13.1. The van der Waals surface area contributed by atoms with Gasteiger partial charge in [-0.05, 0) is 5.56 Å². The molecule has 0 bridgehead atoms. The largest absolute Gasteiger partial charge is 0.384 e. The van der Waals surface area contributed by atoms with Crippen LogP contribution < -0.4 is 11.5 Å². The third kappa shape index (κ3) is 2.64. The summed E-state index contributed by atoms with van der Waals surface area (Å²) in [5, 5.41) is 17.3. The van der Waals surface area contributed by atoms with Gasteiger partial charge in [-0.15, -0.1) is 0 Å². The van der Waals surface area contributed by atoms with Crippen LogP contribution in [-0.4, -0.2) is 16.3 Å². The lowest BCUT2D eigenvalue weighted by atomic mass is 9.95. The first-order valence-corrected chi connectivity index (χ1v) is 7.50. The standard InChI is InChI=1S/C19H15N5O/c20-11-14-15(12-7-3-1-4-8-12)16(18(21)24(14)19(22)23)17(25)13-9-5-2-6-10-13/h1-10H,21H2,(H3,22,23). The Bertz CT molecular complexity index is 998. The fourth-order valence-electron chi connectivity index (χ4n) is 2.80. The number of benzene rings is 2. The molecular formula is C19H15N5O. The molecule has 0 unspecified atom stereocenters. The monoisotopic (exact) mass is 329 g/mol. The molecule has 3 aromatic rings. The van der Waals surface area contributed by atoms with E-state index in [4.69, 9.17) is 16.9 Å². The lowest BCUT2D eigenvalue weighted by Gasteiger charge is -2.05. The molecule has 6 heteroatoms. The van der Waals surface area contributed by atoms with Gasteiger partial charge in [0.2, 0.25) is 0 Å². The van der Waals surface area contributed by atoms with Crippen molar-refractivity contribution < 1.29 is 4.79 Å². The molecule has 0 saturated carbocycles.